The highest BCUT2D eigenvalue weighted by Gasteiger charge is 1.95. The summed E-state index contributed by atoms with van der Waals surface area (Å²) in [6, 6.07) is 8.01. The lowest BCUT2D eigenvalue weighted by atomic mass is 10.1. The van der Waals surface area contributed by atoms with Crippen LogP contribution in [-0.2, 0) is 6.42 Å². The van der Waals surface area contributed by atoms with Gasteiger partial charge in [0.05, 0.1) is 0 Å². The number of hydrogen-bond donors (Lipinski definition) is 2. The molecule has 0 radical (unpaired) electrons. The average molecular weight is 164 g/mol. The molecule has 66 valence electrons. The molecule has 0 atom stereocenters. The lowest BCUT2D eigenvalue weighted by molar-refractivity contribution is 0.717. The maximum absolute atomic E-state index is 5.78. The molecule has 1 aromatic carbocycles. The molecule has 2 heteroatoms. The first-order valence-corrected chi connectivity index (χ1v) is 4.38. The first-order valence-electron chi connectivity index (χ1n) is 4.38. The molecule has 0 bridgehead atoms. The molecule has 0 aromatic heterocycles. The van der Waals surface area contributed by atoms with Crippen molar-refractivity contribution in [3.05, 3.63) is 29.8 Å². The Morgan fingerprint density at radius 3 is 2.75 bits per heavy atom. The van der Waals surface area contributed by atoms with Gasteiger partial charge in [0.2, 0.25) is 0 Å². The lowest BCUT2D eigenvalue weighted by Crippen LogP contribution is -2.16. The van der Waals surface area contributed by atoms with Gasteiger partial charge in [-0.25, -0.2) is 0 Å². The van der Waals surface area contributed by atoms with Crippen molar-refractivity contribution in [3.63, 3.8) is 0 Å². The minimum atomic E-state index is 0.899. The second-order valence-electron chi connectivity index (χ2n) is 2.80. The van der Waals surface area contributed by atoms with Crippen molar-refractivity contribution in [1.82, 2.24) is 5.32 Å². The Labute approximate surface area is 73.8 Å². The fourth-order valence-electron chi connectivity index (χ4n) is 1.16. The van der Waals surface area contributed by atoms with Gasteiger partial charge in [-0.2, -0.15) is 0 Å². The lowest BCUT2D eigenvalue weighted by Gasteiger charge is -2.04. The number of nitrogens with two attached hydrogens (primary N) is 1. The van der Waals surface area contributed by atoms with E-state index >= 15 is 0 Å². The molecular weight excluding hydrogens is 148 g/mol. The normalized spacial score (nSPS) is 10.1. The molecule has 0 amide bonds. The molecule has 1 aromatic rings. The summed E-state index contributed by atoms with van der Waals surface area (Å²) in [6.07, 6.45) is 1.01. The number of anilines is 1. The van der Waals surface area contributed by atoms with Crippen LogP contribution < -0.4 is 11.1 Å². The van der Waals surface area contributed by atoms with Gasteiger partial charge in [0.15, 0.2) is 0 Å². The minimum Gasteiger partial charge on any atom is -0.399 e. The van der Waals surface area contributed by atoms with E-state index in [1.165, 1.54) is 5.56 Å². The highest BCUT2D eigenvalue weighted by Crippen LogP contribution is 2.09. The van der Waals surface area contributed by atoms with Gasteiger partial charge in [-0.15, -0.1) is 0 Å². The smallest absolute Gasteiger partial charge is 0.0347 e. The van der Waals surface area contributed by atoms with Crippen molar-refractivity contribution < 1.29 is 0 Å². The number of nitrogens with one attached hydrogen (secondary N) is 1. The molecule has 0 spiro atoms. The summed E-state index contributed by atoms with van der Waals surface area (Å²) in [4.78, 5) is 0. The van der Waals surface area contributed by atoms with Crippen LogP contribution in [0.25, 0.3) is 0 Å². The third-order valence-electron chi connectivity index (χ3n) is 1.88. The van der Waals surface area contributed by atoms with Gasteiger partial charge in [-0.3, -0.25) is 0 Å². The summed E-state index contributed by atoms with van der Waals surface area (Å²) in [6.45, 7) is 4.13. The topological polar surface area (TPSA) is 38.0 Å². The molecule has 0 aliphatic heterocycles. The van der Waals surface area contributed by atoms with Gasteiger partial charge in [0, 0.05) is 5.69 Å². The second-order valence-corrected chi connectivity index (χ2v) is 2.80. The number of hydrogen-bond acceptors (Lipinski definition) is 2. The average Bonchev–Trinajstić information content (AvgIpc) is 2.09. The van der Waals surface area contributed by atoms with E-state index in [4.69, 9.17) is 5.73 Å². The summed E-state index contributed by atoms with van der Waals surface area (Å²) in [5.74, 6) is 0. The van der Waals surface area contributed by atoms with Crippen LogP contribution in [0.3, 0.4) is 0 Å². The van der Waals surface area contributed by atoms with Crippen LogP contribution in [0.15, 0.2) is 24.3 Å². The number of nitrogen functional groups attached to an aromatic ring is 1. The Bertz CT molecular complexity index is 233. The molecule has 0 saturated heterocycles. The van der Waals surface area contributed by atoms with Crippen molar-refractivity contribution >= 4 is 5.69 Å². The third kappa shape index (κ3) is 2.55. The SMILES string of the molecule is CCNCCc1ccccc1N. The molecule has 0 unspecified atom stereocenters. The van der Waals surface area contributed by atoms with E-state index in [1.54, 1.807) is 0 Å². The van der Waals surface area contributed by atoms with Gasteiger partial charge in [0.1, 0.15) is 0 Å². The van der Waals surface area contributed by atoms with E-state index in [0.717, 1.165) is 25.2 Å². The molecule has 0 aliphatic rings. The van der Waals surface area contributed by atoms with Crippen LogP contribution in [0.5, 0.6) is 0 Å². The highest BCUT2D eigenvalue weighted by atomic mass is 14.8. The van der Waals surface area contributed by atoms with Gasteiger partial charge in [-0.05, 0) is 31.1 Å². The first kappa shape index (κ1) is 9.07. The quantitative estimate of drug-likeness (QED) is 0.521. The fourth-order valence-corrected chi connectivity index (χ4v) is 1.16. The van der Waals surface area contributed by atoms with Crippen LogP contribution in [0, 0.1) is 0 Å². The monoisotopic (exact) mass is 164 g/mol. The van der Waals surface area contributed by atoms with E-state index in [0.29, 0.717) is 0 Å². The fraction of sp³-hybridized carbons (Fsp3) is 0.400. The molecule has 0 fully saturated rings. The molecule has 3 N–H and O–H groups in total. The van der Waals surface area contributed by atoms with E-state index in [-0.39, 0.29) is 0 Å². The third-order valence-corrected chi connectivity index (χ3v) is 1.88. The Kier molecular flexibility index (Phi) is 3.61. The van der Waals surface area contributed by atoms with Crippen LogP contribution in [0.1, 0.15) is 12.5 Å². The minimum absolute atomic E-state index is 0.899. The van der Waals surface area contributed by atoms with Crippen LogP contribution in [0.4, 0.5) is 5.69 Å². The molecular formula is C10H16N2. The van der Waals surface area contributed by atoms with Gasteiger partial charge >= 0.3 is 0 Å². The van der Waals surface area contributed by atoms with Crippen molar-refractivity contribution in [2.45, 2.75) is 13.3 Å². The standard InChI is InChI=1S/C10H16N2/c1-2-12-8-7-9-5-3-4-6-10(9)11/h3-6,12H,2,7-8,11H2,1H3. The number of benzene rings is 1. The van der Waals surface area contributed by atoms with E-state index in [2.05, 4.69) is 18.3 Å². The molecule has 0 aliphatic carbocycles. The number of rotatable bonds is 4. The van der Waals surface area contributed by atoms with Crippen LogP contribution in [-0.4, -0.2) is 13.1 Å². The maximum atomic E-state index is 5.78. The molecule has 12 heavy (non-hydrogen) atoms. The predicted molar refractivity (Wildman–Crippen MR) is 53.1 cm³/mol. The van der Waals surface area contributed by atoms with Gasteiger partial charge < -0.3 is 11.1 Å². The first-order chi connectivity index (χ1) is 5.84. The van der Waals surface area contributed by atoms with Gasteiger partial charge in [-0.1, -0.05) is 25.1 Å². The Hall–Kier alpha value is -1.02. The van der Waals surface area contributed by atoms with Crippen molar-refractivity contribution in [1.29, 1.82) is 0 Å². The van der Waals surface area contributed by atoms with Crippen molar-refractivity contribution in [2.24, 2.45) is 0 Å². The van der Waals surface area contributed by atoms with Gasteiger partial charge in [0.25, 0.3) is 0 Å². The van der Waals surface area contributed by atoms with Crippen molar-refractivity contribution in [3.8, 4) is 0 Å². The maximum Gasteiger partial charge on any atom is 0.0347 e. The molecule has 0 heterocycles. The summed E-state index contributed by atoms with van der Waals surface area (Å²) >= 11 is 0. The zero-order valence-electron chi connectivity index (χ0n) is 7.51. The zero-order chi connectivity index (χ0) is 8.81. The van der Waals surface area contributed by atoms with E-state index in [1.807, 2.05) is 18.2 Å². The van der Waals surface area contributed by atoms with Crippen molar-refractivity contribution in [2.75, 3.05) is 18.8 Å². The predicted octanol–water partition coefficient (Wildman–Crippen LogP) is 1.42. The Balaban J connectivity index is 2.46. The molecule has 2 nitrogen and oxygen atoms in total. The summed E-state index contributed by atoms with van der Waals surface area (Å²) in [7, 11) is 0. The Morgan fingerprint density at radius 1 is 1.33 bits per heavy atom. The zero-order valence-corrected chi connectivity index (χ0v) is 7.51. The number of likely N-dealkylation sites (N-methyl/N-ethyl adjacent to an activating group) is 1. The second kappa shape index (κ2) is 4.78. The largest absolute Gasteiger partial charge is 0.399 e. The summed E-state index contributed by atoms with van der Waals surface area (Å²) in [5.41, 5.74) is 7.91. The summed E-state index contributed by atoms with van der Waals surface area (Å²) < 4.78 is 0. The molecule has 1 rings (SSSR count). The summed E-state index contributed by atoms with van der Waals surface area (Å²) in [5, 5.41) is 3.27. The number of para-hydroxylation sites is 1. The van der Waals surface area contributed by atoms with E-state index < -0.39 is 0 Å². The Morgan fingerprint density at radius 2 is 2.08 bits per heavy atom. The molecule has 0 saturated carbocycles. The van der Waals surface area contributed by atoms with E-state index in [9.17, 15) is 0 Å². The van der Waals surface area contributed by atoms with Crippen LogP contribution >= 0.6 is 0 Å². The van der Waals surface area contributed by atoms with Crippen LogP contribution in [0.2, 0.25) is 0 Å². The highest BCUT2D eigenvalue weighted by molar-refractivity contribution is 5.46.